The SMILES string of the molecule is CC1O[C@H](NC(CO)C(=O)O)[C@@H](O)[C@H](O)[C@@H]1O. The molecule has 17 heavy (non-hydrogen) atoms. The van der Waals surface area contributed by atoms with Gasteiger partial charge in [-0.15, -0.1) is 0 Å². The summed E-state index contributed by atoms with van der Waals surface area (Å²) in [6, 6.07) is -1.32. The average molecular weight is 251 g/mol. The molecule has 6 atom stereocenters. The third-order valence-electron chi connectivity index (χ3n) is 2.70. The van der Waals surface area contributed by atoms with Crippen molar-refractivity contribution in [3.63, 3.8) is 0 Å². The van der Waals surface area contributed by atoms with Crippen molar-refractivity contribution in [1.82, 2.24) is 5.32 Å². The van der Waals surface area contributed by atoms with Crippen molar-refractivity contribution in [2.24, 2.45) is 0 Å². The first-order valence-electron chi connectivity index (χ1n) is 5.17. The van der Waals surface area contributed by atoms with Gasteiger partial charge in [0.15, 0.2) is 0 Å². The first-order valence-corrected chi connectivity index (χ1v) is 5.17. The lowest BCUT2D eigenvalue weighted by molar-refractivity contribution is -0.227. The maximum Gasteiger partial charge on any atom is 0.323 e. The summed E-state index contributed by atoms with van der Waals surface area (Å²) in [5.41, 5.74) is 0. The van der Waals surface area contributed by atoms with Crippen LogP contribution in [0.25, 0.3) is 0 Å². The molecule has 1 aliphatic heterocycles. The number of hydrogen-bond acceptors (Lipinski definition) is 7. The monoisotopic (exact) mass is 251 g/mol. The van der Waals surface area contributed by atoms with Crippen LogP contribution in [-0.4, -0.2) is 74.8 Å². The van der Waals surface area contributed by atoms with Crippen molar-refractivity contribution in [2.45, 2.75) is 43.6 Å². The van der Waals surface area contributed by atoms with Gasteiger partial charge in [-0.3, -0.25) is 10.1 Å². The Kier molecular flexibility index (Phi) is 4.80. The van der Waals surface area contributed by atoms with E-state index in [1.807, 2.05) is 0 Å². The van der Waals surface area contributed by atoms with E-state index in [-0.39, 0.29) is 0 Å². The highest BCUT2D eigenvalue weighted by Gasteiger charge is 2.42. The first kappa shape index (κ1) is 14.3. The molecular weight excluding hydrogens is 234 g/mol. The molecule has 0 aromatic heterocycles. The predicted octanol–water partition coefficient (Wildman–Crippen LogP) is -3.15. The van der Waals surface area contributed by atoms with Gasteiger partial charge in [0.1, 0.15) is 30.6 Å². The zero-order valence-electron chi connectivity index (χ0n) is 9.22. The van der Waals surface area contributed by atoms with Gasteiger partial charge in [-0.05, 0) is 6.92 Å². The van der Waals surface area contributed by atoms with E-state index in [4.69, 9.17) is 14.9 Å². The van der Waals surface area contributed by atoms with Gasteiger partial charge in [0.2, 0.25) is 0 Å². The number of aliphatic hydroxyl groups is 4. The van der Waals surface area contributed by atoms with Crippen LogP contribution in [0, 0.1) is 0 Å². The maximum atomic E-state index is 10.7. The predicted molar refractivity (Wildman–Crippen MR) is 54.0 cm³/mol. The van der Waals surface area contributed by atoms with E-state index >= 15 is 0 Å². The normalized spacial score (nSPS) is 39.9. The van der Waals surface area contributed by atoms with E-state index < -0.39 is 49.3 Å². The van der Waals surface area contributed by atoms with Crippen molar-refractivity contribution in [3.05, 3.63) is 0 Å². The summed E-state index contributed by atoms with van der Waals surface area (Å²) in [6.45, 7) is 0.790. The highest BCUT2D eigenvalue weighted by molar-refractivity contribution is 5.73. The fraction of sp³-hybridized carbons (Fsp3) is 0.889. The van der Waals surface area contributed by atoms with Crippen molar-refractivity contribution in [3.8, 4) is 0 Å². The summed E-state index contributed by atoms with van der Waals surface area (Å²) < 4.78 is 5.12. The quantitative estimate of drug-likeness (QED) is 0.308. The molecular formula is C9H17NO7. The Morgan fingerprint density at radius 3 is 2.35 bits per heavy atom. The van der Waals surface area contributed by atoms with Gasteiger partial charge < -0.3 is 30.3 Å². The van der Waals surface area contributed by atoms with Crippen molar-refractivity contribution in [1.29, 1.82) is 0 Å². The van der Waals surface area contributed by atoms with E-state index in [0.29, 0.717) is 0 Å². The van der Waals surface area contributed by atoms with Crippen LogP contribution in [0.4, 0.5) is 0 Å². The molecule has 0 radical (unpaired) electrons. The Hall–Kier alpha value is -0.770. The molecule has 0 aromatic rings. The lowest BCUT2D eigenvalue weighted by Crippen LogP contribution is -2.63. The van der Waals surface area contributed by atoms with Crippen LogP contribution in [0.2, 0.25) is 0 Å². The molecule has 0 aliphatic carbocycles. The average Bonchev–Trinajstić information content (AvgIpc) is 2.29. The van der Waals surface area contributed by atoms with Crippen LogP contribution in [-0.2, 0) is 9.53 Å². The van der Waals surface area contributed by atoms with E-state index in [0.717, 1.165) is 0 Å². The zero-order chi connectivity index (χ0) is 13.2. The second-order valence-corrected chi connectivity index (χ2v) is 3.97. The topological polar surface area (TPSA) is 139 Å². The summed E-state index contributed by atoms with van der Waals surface area (Å²) in [6.07, 6.45) is -6.10. The Morgan fingerprint density at radius 1 is 1.29 bits per heavy atom. The maximum absolute atomic E-state index is 10.7. The fourth-order valence-electron chi connectivity index (χ4n) is 1.59. The third kappa shape index (κ3) is 3.12. The first-order chi connectivity index (χ1) is 7.88. The molecule has 6 N–H and O–H groups in total. The minimum absolute atomic E-state index is 0.686. The van der Waals surface area contributed by atoms with E-state index in [9.17, 15) is 20.1 Å². The molecule has 1 fully saturated rings. The molecule has 1 rings (SSSR count). The number of rotatable bonds is 4. The highest BCUT2D eigenvalue weighted by atomic mass is 16.5. The number of aliphatic carboxylic acids is 1. The minimum atomic E-state index is -1.48. The van der Waals surface area contributed by atoms with Crippen molar-refractivity contribution < 1.29 is 35.1 Å². The smallest absolute Gasteiger partial charge is 0.323 e. The molecule has 100 valence electrons. The molecule has 0 amide bonds. The van der Waals surface area contributed by atoms with Crippen LogP contribution in [0.3, 0.4) is 0 Å². The fourth-order valence-corrected chi connectivity index (χ4v) is 1.59. The number of carboxylic acids is 1. The van der Waals surface area contributed by atoms with Gasteiger partial charge in [0.05, 0.1) is 12.7 Å². The molecule has 8 nitrogen and oxygen atoms in total. The summed E-state index contributed by atoms with van der Waals surface area (Å²) in [5.74, 6) is -1.31. The molecule has 0 bridgehead atoms. The standard InChI is InChI=1S/C9H17NO7/c1-3-5(12)6(13)7(14)8(17-3)10-4(2-11)9(15)16/h3-8,10-14H,2H2,1H3,(H,15,16)/t3?,4?,5-,6-,7+,8+/m1/s1. The minimum Gasteiger partial charge on any atom is -0.480 e. The third-order valence-corrected chi connectivity index (χ3v) is 2.70. The molecule has 1 heterocycles. The largest absolute Gasteiger partial charge is 0.480 e. The van der Waals surface area contributed by atoms with Crippen molar-refractivity contribution in [2.75, 3.05) is 6.61 Å². The number of nitrogens with one attached hydrogen (secondary N) is 1. The van der Waals surface area contributed by atoms with Gasteiger partial charge in [-0.1, -0.05) is 0 Å². The second-order valence-electron chi connectivity index (χ2n) is 3.97. The van der Waals surface area contributed by atoms with Crippen LogP contribution >= 0.6 is 0 Å². The van der Waals surface area contributed by atoms with Gasteiger partial charge in [0, 0.05) is 0 Å². The van der Waals surface area contributed by atoms with Crippen molar-refractivity contribution >= 4 is 5.97 Å². The van der Waals surface area contributed by atoms with Gasteiger partial charge in [-0.2, -0.15) is 0 Å². The Morgan fingerprint density at radius 2 is 1.88 bits per heavy atom. The van der Waals surface area contributed by atoms with E-state index in [1.54, 1.807) is 0 Å². The second kappa shape index (κ2) is 5.71. The lowest BCUT2D eigenvalue weighted by atomic mass is 9.99. The molecule has 1 aliphatic rings. The zero-order valence-corrected chi connectivity index (χ0v) is 9.22. The number of aliphatic hydroxyl groups excluding tert-OH is 4. The Bertz CT molecular complexity index is 274. The number of carbonyl (C=O) groups is 1. The number of ether oxygens (including phenoxy) is 1. The molecule has 0 saturated carbocycles. The van der Waals surface area contributed by atoms with E-state index in [1.165, 1.54) is 6.92 Å². The number of carboxylic acid groups (broad SMARTS) is 1. The van der Waals surface area contributed by atoms with Gasteiger partial charge in [0.25, 0.3) is 0 Å². The Labute approximate surface area is 97.4 Å². The highest BCUT2D eigenvalue weighted by Crippen LogP contribution is 2.19. The molecule has 8 heteroatoms. The van der Waals surface area contributed by atoms with Crippen LogP contribution in [0.15, 0.2) is 0 Å². The summed E-state index contributed by atoms with van der Waals surface area (Å²) in [5, 5.41) is 48.3. The van der Waals surface area contributed by atoms with Crippen LogP contribution in [0.1, 0.15) is 6.92 Å². The molecule has 1 saturated heterocycles. The van der Waals surface area contributed by atoms with Gasteiger partial charge in [-0.25, -0.2) is 0 Å². The summed E-state index contributed by atoms with van der Waals surface area (Å²) >= 11 is 0. The van der Waals surface area contributed by atoms with Crippen LogP contribution < -0.4 is 5.32 Å². The Balaban J connectivity index is 2.67. The summed E-state index contributed by atoms with van der Waals surface area (Å²) in [7, 11) is 0. The molecule has 0 spiro atoms. The molecule has 0 aromatic carbocycles. The van der Waals surface area contributed by atoms with Crippen LogP contribution in [0.5, 0.6) is 0 Å². The molecule has 2 unspecified atom stereocenters. The lowest BCUT2D eigenvalue weighted by Gasteiger charge is -2.40. The summed E-state index contributed by atoms with van der Waals surface area (Å²) in [4.78, 5) is 10.7. The number of hydrogen-bond donors (Lipinski definition) is 6. The van der Waals surface area contributed by atoms with Gasteiger partial charge >= 0.3 is 5.97 Å². The van der Waals surface area contributed by atoms with E-state index in [2.05, 4.69) is 5.32 Å².